The van der Waals surface area contributed by atoms with Crippen LogP contribution in [0.5, 0.6) is 5.75 Å². The highest BCUT2D eigenvalue weighted by Crippen LogP contribution is 2.36. The van der Waals surface area contributed by atoms with Gasteiger partial charge in [-0.2, -0.15) is 4.98 Å². The fourth-order valence-electron chi connectivity index (χ4n) is 3.25. The topological polar surface area (TPSA) is 82.7 Å². The number of benzene rings is 2. The first-order valence-corrected chi connectivity index (χ1v) is 10.6. The van der Waals surface area contributed by atoms with Crippen LogP contribution in [0.2, 0.25) is 0 Å². The van der Waals surface area contributed by atoms with Crippen molar-refractivity contribution in [2.75, 3.05) is 31.1 Å². The number of halogens is 2. The smallest absolute Gasteiger partial charge is 0.316 e. The summed E-state index contributed by atoms with van der Waals surface area (Å²) >= 11 is 6.55. The molecule has 1 saturated heterocycles. The lowest BCUT2D eigenvalue weighted by molar-refractivity contribution is 0.0696. The quantitative estimate of drug-likeness (QED) is 0.555. The van der Waals surface area contributed by atoms with Crippen LogP contribution in [0.15, 0.2) is 49.9 Å². The molecule has 0 unspecified atom stereocenters. The lowest BCUT2D eigenvalue weighted by Gasteiger charge is -2.35. The van der Waals surface area contributed by atoms with Crippen molar-refractivity contribution in [2.24, 2.45) is 0 Å². The van der Waals surface area contributed by atoms with E-state index in [1.165, 1.54) is 11.3 Å². The first-order valence-electron chi connectivity index (χ1n) is 9.05. The third-order valence-corrected chi connectivity index (χ3v) is 6.03. The van der Waals surface area contributed by atoms with Gasteiger partial charge in [0.05, 0.1) is 8.95 Å². The summed E-state index contributed by atoms with van der Waals surface area (Å²) in [5.74, 6) is 0.0575. The summed E-state index contributed by atoms with van der Waals surface area (Å²) in [6.45, 7) is 4.73. The Balaban J connectivity index is 1.45. The number of hydrogen-bond donors (Lipinski definition) is 1. The molecule has 1 aliphatic rings. The van der Waals surface area contributed by atoms with Crippen molar-refractivity contribution in [2.45, 2.75) is 6.92 Å². The van der Waals surface area contributed by atoms with E-state index in [-0.39, 0.29) is 23.4 Å². The van der Waals surface area contributed by atoms with Crippen LogP contribution in [0.1, 0.15) is 16.2 Å². The molecular weight excluding hydrogens is 504 g/mol. The number of phenols is 1. The second kappa shape index (κ2) is 8.16. The molecule has 150 valence electrons. The summed E-state index contributed by atoms with van der Waals surface area (Å²) < 4.78 is 6.20. The highest BCUT2D eigenvalue weighted by atomic mass is 79.9. The van der Waals surface area contributed by atoms with Gasteiger partial charge in [0.15, 0.2) is 0 Å². The first-order chi connectivity index (χ1) is 13.9. The van der Waals surface area contributed by atoms with Crippen molar-refractivity contribution < 1.29 is 14.4 Å². The van der Waals surface area contributed by atoms with Crippen molar-refractivity contribution in [3.05, 3.63) is 56.8 Å². The molecule has 9 heteroatoms. The van der Waals surface area contributed by atoms with Crippen molar-refractivity contribution in [3.63, 3.8) is 0 Å². The number of carbonyl (C=O) groups excluding carboxylic acids is 1. The van der Waals surface area contributed by atoms with Gasteiger partial charge in [0.25, 0.3) is 0 Å². The lowest BCUT2D eigenvalue weighted by Crippen LogP contribution is -2.48. The Morgan fingerprint density at radius 1 is 1.10 bits per heavy atom. The maximum Gasteiger partial charge on any atom is 0.316 e. The number of hydrogen-bond acceptors (Lipinski definition) is 6. The van der Waals surface area contributed by atoms with Gasteiger partial charge in [0, 0.05) is 37.4 Å². The Hall–Kier alpha value is -2.39. The van der Waals surface area contributed by atoms with E-state index in [4.69, 9.17) is 4.52 Å². The number of carbonyl (C=O) groups is 1. The molecule has 0 bridgehead atoms. The van der Waals surface area contributed by atoms with Gasteiger partial charge < -0.3 is 19.4 Å². The van der Waals surface area contributed by atoms with Crippen LogP contribution in [0.3, 0.4) is 0 Å². The molecule has 0 spiro atoms. The van der Waals surface area contributed by atoms with Crippen LogP contribution in [-0.2, 0) is 0 Å². The molecule has 0 atom stereocenters. The molecule has 29 heavy (non-hydrogen) atoms. The molecular formula is C20H18Br2N4O3. The summed E-state index contributed by atoms with van der Waals surface area (Å²) in [5.41, 5.74) is 3.00. The maximum atomic E-state index is 12.8. The van der Waals surface area contributed by atoms with Crippen LogP contribution >= 0.6 is 31.9 Å². The number of amides is 1. The van der Waals surface area contributed by atoms with Crippen LogP contribution in [-0.4, -0.2) is 52.2 Å². The molecule has 0 saturated carbocycles. The van der Waals surface area contributed by atoms with E-state index in [0.717, 1.165) is 13.1 Å². The van der Waals surface area contributed by atoms with Crippen molar-refractivity contribution in [1.82, 2.24) is 15.0 Å². The average Bonchev–Trinajstić information content (AvgIpc) is 3.21. The van der Waals surface area contributed by atoms with Crippen LogP contribution in [0.25, 0.3) is 11.4 Å². The molecule has 1 aliphatic heterocycles. The second-order valence-corrected chi connectivity index (χ2v) is 8.54. The minimum atomic E-state index is -0.274. The number of aromatic nitrogens is 2. The molecule has 7 nitrogen and oxygen atoms in total. The van der Waals surface area contributed by atoms with Gasteiger partial charge in [0.2, 0.25) is 5.82 Å². The van der Waals surface area contributed by atoms with E-state index in [2.05, 4.69) is 72.0 Å². The second-order valence-electron chi connectivity index (χ2n) is 6.83. The summed E-state index contributed by atoms with van der Waals surface area (Å²) in [6, 6.07) is 11.7. The Morgan fingerprint density at radius 2 is 1.79 bits per heavy atom. The van der Waals surface area contributed by atoms with E-state index >= 15 is 0 Å². The molecule has 1 N–H and O–H groups in total. The standard InChI is InChI=1S/C20H18Br2N4O3/c1-12-3-2-4-14(9-12)25-5-7-26(8-6-25)20(28)19-23-18(24-29-19)13-10-15(21)17(27)16(22)11-13/h2-4,9-11,27H,5-8H2,1H3. The summed E-state index contributed by atoms with van der Waals surface area (Å²) in [4.78, 5) is 21.0. The normalized spacial score (nSPS) is 14.3. The number of nitrogens with zero attached hydrogens (tertiary/aromatic N) is 4. The van der Waals surface area contributed by atoms with E-state index in [0.29, 0.717) is 27.6 Å². The summed E-state index contributed by atoms with van der Waals surface area (Å²) in [7, 11) is 0. The minimum absolute atomic E-state index is 0.0377. The Kier molecular flexibility index (Phi) is 5.60. The van der Waals surface area contributed by atoms with Crippen LogP contribution in [0, 0.1) is 6.92 Å². The zero-order valence-corrected chi connectivity index (χ0v) is 18.8. The SMILES string of the molecule is Cc1cccc(N2CCN(C(=O)c3nc(-c4cc(Br)c(O)c(Br)c4)no3)CC2)c1. The molecule has 3 aromatic rings. The van der Waals surface area contributed by atoms with Gasteiger partial charge >= 0.3 is 11.8 Å². The monoisotopic (exact) mass is 520 g/mol. The van der Waals surface area contributed by atoms with Crippen LogP contribution in [0.4, 0.5) is 5.69 Å². The van der Waals surface area contributed by atoms with Gasteiger partial charge in [-0.1, -0.05) is 17.3 Å². The van der Waals surface area contributed by atoms with E-state index in [1.807, 2.05) is 6.07 Å². The van der Waals surface area contributed by atoms with E-state index < -0.39 is 0 Å². The first kappa shape index (κ1) is 19.9. The molecule has 0 radical (unpaired) electrons. The van der Waals surface area contributed by atoms with Crippen molar-refractivity contribution in [1.29, 1.82) is 0 Å². The fraction of sp³-hybridized carbons (Fsp3) is 0.250. The molecule has 1 aromatic heterocycles. The van der Waals surface area contributed by atoms with E-state index in [1.54, 1.807) is 17.0 Å². The molecule has 2 heterocycles. The van der Waals surface area contributed by atoms with Gasteiger partial charge in [-0.3, -0.25) is 4.79 Å². The van der Waals surface area contributed by atoms with E-state index in [9.17, 15) is 9.90 Å². The average molecular weight is 522 g/mol. The Labute approximate surface area is 184 Å². The van der Waals surface area contributed by atoms with Crippen LogP contribution < -0.4 is 4.90 Å². The van der Waals surface area contributed by atoms with Gasteiger partial charge in [-0.05, 0) is 68.6 Å². The number of piperazine rings is 1. The Morgan fingerprint density at radius 3 is 2.45 bits per heavy atom. The number of rotatable bonds is 3. The molecule has 1 amide bonds. The third kappa shape index (κ3) is 4.16. The zero-order chi connectivity index (χ0) is 20.5. The number of aryl methyl sites for hydroxylation is 1. The summed E-state index contributed by atoms with van der Waals surface area (Å²) in [6.07, 6.45) is 0. The minimum Gasteiger partial charge on any atom is -0.506 e. The predicted molar refractivity (Wildman–Crippen MR) is 116 cm³/mol. The third-order valence-electron chi connectivity index (χ3n) is 4.82. The highest BCUT2D eigenvalue weighted by Gasteiger charge is 2.27. The fourth-order valence-corrected chi connectivity index (χ4v) is 4.44. The zero-order valence-electron chi connectivity index (χ0n) is 15.6. The number of anilines is 1. The van der Waals surface area contributed by atoms with Crippen molar-refractivity contribution in [3.8, 4) is 17.1 Å². The summed E-state index contributed by atoms with van der Waals surface area (Å²) in [5, 5.41) is 13.8. The number of aromatic hydroxyl groups is 1. The number of phenolic OH excluding ortho intramolecular Hbond substituents is 1. The Bertz CT molecular complexity index is 1040. The van der Waals surface area contributed by atoms with Gasteiger partial charge in [-0.15, -0.1) is 0 Å². The molecule has 4 rings (SSSR count). The van der Waals surface area contributed by atoms with Gasteiger partial charge in [0.1, 0.15) is 5.75 Å². The molecule has 1 fully saturated rings. The van der Waals surface area contributed by atoms with Crippen molar-refractivity contribution >= 4 is 43.5 Å². The van der Waals surface area contributed by atoms with Gasteiger partial charge in [-0.25, -0.2) is 0 Å². The lowest BCUT2D eigenvalue weighted by atomic mass is 10.2. The maximum absolute atomic E-state index is 12.8. The highest BCUT2D eigenvalue weighted by molar-refractivity contribution is 9.11. The molecule has 0 aliphatic carbocycles. The molecule has 2 aromatic carbocycles. The predicted octanol–water partition coefficient (Wildman–Crippen LogP) is 4.24. The largest absolute Gasteiger partial charge is 0.506 e.